The summed E-state index contributed by atoms with van der Waals surface area (Å²) in [7, 11) is 3.03. The van der Waals surface area contributed by atoms with Crippen LogP contribution in [0.2, 0.25) is 0 Å². The number of aromatic amines is 1. The minimum Gasteiger partial charge on any atom is -0.504 e. The first-order valence-corrected chi connectivity index (χ1v) is 10.4. The van der Waals surface area contributed by atoms with Gasteiger partial charge in [-0.3, -0.25) is 14.6 Å². The molecule has 9 nitrogen and oxygen atoms in total. The first kappa shape index (κ1) is 24.2. The zero-order valence-electron chi connectivity index (χ0n) is 19.6. The Balaban J connectivity index is 0.000000192. The summed E-state index contributed by atoms with van der Waals surface area (Å²) in [5.74, 6) is -1.09. The minimum absolute atomic E-state index is 0.0491. The highest BCUT2D eigenvalue weighted by atomic mass is 16.5. The van der Waals surface area contributed by atoms with E-state index in [2.05, 4.69) is 15.3 Å². The van der Waals surface area contributed by atoms with Gasteiger partial charge in [-0.1, -0.05) is 59.7 Å². The van der Waals surface area contributed by atoms with E-state index in [1.165, 1.54) is 18.7 Å². The summed E-state index contributed by atoms with van der Waals surface area (Å²) in [6.07, 6.45) is 0. The second-order valence-corrected chi connectivity index (χ2v) is 7.74. The highest BCUT2D eigenvalue weighted by Crippen LogP contribution is 2.32. The molecule has 3 N–H and O–H groups in total. The van der Waals surface area contributed by atoms with Gasteiger partial charge in [0.15, 0.2) is 23.0 Å². The molecule has 176 valence electrons. The molecule has 9 heteroatoms. The number of nitrogens with one attached hydrogen (secondary N) is 1. The number of carbonyl (C=O) groups excluding carboxylic acids is 1. The number of methoxy groups -OCH3 is 1. The topological polar surface area (TPSA) is 130 Å². The lowest BCUT2D eigenvalue weighted by molar-refractivity contribution is 0.0681. The molecule has 4 aromatic rings. The number of carbonyl (C=O) groups is 2. The van der Waals surface area contributed by atoms with Crippen molar-refractivity contribution in [3.05, 3.63) is 71.0 Å². The van der Waals surface area contributed by atoms with Gasteiger partial charge in [0.2, 0.25) is 0 Å². The molecule has 0 spiro atoms. The zero-order valence-corrected chi connectivity index (χ0v) is 19.6. The van der Waals surface area contributed by atoms with Crippen LogP contribution >= 0.6 is 0 Å². The Kier molecular flexibility index (Phi) is 7.15. The van der Waals surface area contributed by atoms with E-state index in [1.54, 1.807) is 7.05 Å². The number of carboxylic acid groups (broad SMARTS) is 1. The summed E-state index contributed by atoms with van der Waals surface area (Å²) in [5, 5.41) is 29.6. The van der Waals surface area contributed by atoms with Crippen LogP contribution < -0.4 is 4.74 Å². The van der Waals surface area contributed by atoms with E-state index < -0.39 is 5.97 Å². The quantitative estimate of drug-likeness (QED) is 0.375. The van der Waals surface area contributed by atoms with Crippen molar-refractivity contribution >= 4 is 11.8 Å². The Morgan fingerprint density at radius 1 is 0.941 bits per heavy atom. The number of Topliss-reactive ketones (excluding diaryl/α,β-unsaturated/α-hetero) is 1. The van der Waals surface area contributed by atoms with Crippen molar-refractivity contribution in [1.82, 2.24) is 20.0 Å². The molecule has 0 aliphatic carbocycles. The Morgan fingerprint density at radius 2 is 1.44 bits per heavy atom. The second-order valence-electron chi connectivity index (χ2n) is 7.74. The second kappa shape index (κ2) is 10.0. The van der Waals surface area contributed by atoms with Crippen LogP contribution in [-0.2, 0) is 7.05 Å². The fraction of sp³-hybridized carbons (Fsp3) is 0.200. The number of aromatic nitrogens is 4. The third kappa shape index (κ3) is 4.98. The Morgan fingerprint density at radius 3 is 1.85 bits per heavy atom. The van der Waals surface area contributed by atoms with Crippen LogP contribution in [0, 0.1) is 13.8 Å². The van der Waals surface area contributed by atoms with Crippen molar-refractivity contribution in [2.75, 3.05) is 7.11 Å². The fourth-order valence-corrected chi connectivity index (χ4v) is 3.33. The lowest BCUT2D eigenvalue weighted by atomic mass is 10.1. The largest absolute Gasteiger partial charge is 0.504 e. The lowest BCUT2D eigenvalue weighted by Crippen LogP contribution is -2.06. The van der Waals surface area contributed by atoms with Crippen LogP contribution in [0.25, 0.3) is 22.5 Å². The van der Waals surface area contributed by atoms with Gasteiger partial charge in [0, 0.05) is 25.1 Å². The molecule has 2 aromatic carbocycles. The Bertz CT molecular complexity index is 1320. The summed E-state index contributed by atoms with van der Waals surface area (Å²) in [5.41, 5.74) is 5.02. The summed E-state index contributed by atoms with van der Waals surface area (Å²) in [6, 6.07) is 15.3. The van der Waals surface area contributed by atoms with E-state index in [0.717, 1.165) is 22.3 Å². The molecule has 0 aliphatic rings. The third-order valence-corrected chi connectivity index (χ3v) is 5.15. The Labute approximate surface area is 196 Å². The molecule has 2 heterocycles. The molecular formula is C25H26N4O5. The predicted octanol–water partition coefficient (Wildman–Crippen LogP) is 4.40. The number of ketones is 1. The van der Waals surface area contributed by atoms with Crippen molar-refractivity contribution < 1.29 is 24.5 Å². The maximum absolute atomic E-state index is 11.2. The number of benzene rings is 2. The van der Waals surface area contributed by atoms with E-state index in [0.29, 0.717) is 11.4 Å². The van der Waals surface area contributed by atoms with E-state index in [1.807, 2.05) is 62.4 Å². The van der Waals surface area contributed by atoms with Crippen LogP contribution in [0.15, 0.2) is 48.5 Å². The smallest absolute Gasteiger partial charge is 0.358 e. The average molecular weight is 463 g/mol. The average Bonchev–Trinajstić information content (AvgIpc) is 3.35. The highest BCUT2D eigenvalue weighted by Gasteiger charge is 2.23. The van der Waals surface area contributed by atoms with Crippen molar-refractivity contribution in [2.24, 2.45) is 7.05 Å². The maximum Gasteiger partial charge on any atom is 0.358 e. The molecule has 4 rings (SSSR count). The molecule has 0 fully saturated rings. The van der Waals surface area contributed by atoms with Crippen LogP contribution in [0.5, 0.6) is 11.5 Å². The number of rotatable bonds is 5. The van der Waals surface area contributed by atoms with Gasteiger partial charge in [-0.25, -0.2) is 4.79 Å². The normalized spacial score (nSPS) is 10.4. The summed E-state index contributed by atoms with van der Waals surface area (Å²) in [6.45, 7) is 5.35. The monoisotopic (exact) mass is 462 g/mol. The van der Waals surface area contributed by atoms with Gasteiger partial charge < -0.3 is 14.9 Å². The number of carboxylic acids is 1. The molecular weight excluding hydrogens is 436 g/mol. The van der Waals surface area contributed by atoms with Crippen LogP contribution in [0.4, 0.5) is 0 Å². The molecule has 34 heavy (non-hydrogen) atoms. The SMILES string of the molecule is CC(=O)c1[nH]nc(-c2ccc(C)cc2)c1O.COc1c(-c2ccc(C)cc2)nn(C)c1C(=O)O. The van der Waals surface area contributed by atoms with Gasteiger partial charge in [0.25, 0.3) is 0 Å². The number of nitrogens with zero attached hydrogens (tertiary/aromatic N) is 3. The molecule has 2 aromatic heterocycles. The molecule has 0 unspecified atom stereocenters. The Hall–Kier alpha value is -4.40. The van der Waals surface area contributed by atoms with Gasteiger partial charge in [-0.05, 0) is 13.8 Å². The molecule has 0 saturated carbocycles. The molecule has 0 aliphatic heterocycles. The van der Waals surface area contributed by atoms with Crippen LogP contribution in [0.1, 0.15) is 39.0 Å². The number of hydrogen-bond donors (Lipinski definition) is 3. The van der Waals surface area contributed by atoms with Crippen molar-refractivity contribution in [3.63, 3.8) is 0 Å². The van der Waals surface area contributed by atoms with E-state index in [4.69, 9.17) is 9.84 Å². The number of H-pyrrole nitrogens is 1. The highest BCUT2D eigenvalue weighted by molar-refractivity contribution is 5.96. The summed E-state index contributed by atoms with van der Waals surface area (Å²) >= 11 is 0. The molecule has 0 bridgehead atoms. The number of aromatic hydroxyl groups is 1. The van der Waals surface area contributed by atoms with Crippen molar-refractivity contribution in [2.45, 2.75) is 20.8 Å². The number of aryl methyl sites for hydroxylation is 3. The summed E-state index contributed by atoms with van der Waals surface area (Å²) < 4.78 is 6.49. The first-order chi connectivity index (χ1) is 16.1. The van der Waals surface area contributed by atoms with Gasteiger partial charge in [0.1, 0.15) is 17.1 Å². The van der Waals surface area contributed by atoms with E-state index in [-0.39, 0.29) is 28.7 Å². The summed E-state index contributed by atoms with van der Waals surface area (Å²) in [4.78, 5) is 22.3. The van der Waals surface area contributed by atoms with Crippen LogP contribution in [-0.4, -0.2) is 49.1 Å². The van der Waals surface area contributed by atoms with Gasteiger partial charge in [-0.2, -0.15) is 10.2 Å². The van der Waals surface area contributed by atoms with E-state index in [9.17, 15) is 14.7 Å². The number of aromatic carboxylic acids is 1. The van der Waals surface area contributed by atoms with E-state index >= 15 is 0 Å². The van der Waals surface area contributed by atoms with Crippen molar-refractivity contribution in [3.8, 4) is 34.0 Å². The standard InChI is InChI=1S/C13H14N2O3.C12H12N2O2/c1-8-4-6-9(7-5-8)10-12(18-3)11(13(16)17)15(2)14-10;1-7-3-5-9(6-4-7)11-12(16)10(8(2)15)13-14-11/h4-7H,1-3H3,(H,16,17);3-6,16H,1-2H3,(H,13,14). The third-order valence-electron chi connectivity index (χ3n) is 5.15. The molecule has 0 atom stereocenters. The fourth-order valence-electron chi connectivity index (χ4n) is 3.33. The van der Waals surface area contributed by atoms with Crippen molar-refractivity contribution in [1.29, 1.82) is 0 Å². The van der Waals surface area contributed by atoms with Gasteiger partial charge >= 0.3 is 5.97 Å². The minimum atomic E-state index is -1.06. The van der Waals surface area contributed by atoms with Gasteiger partial charge in [0.05, 0.1) is 7.11 Å². The van der Waals surface area contributed by atoms with Gasteiger partial charge in [-0.15, -0.1) is 0 Å². The predicted molar refractivity (Wildman–Crippen MR) is 127 cm³/mol. The maximum atomic E-state index is 11.2. The molecule has 0 saturated heterocycles. The lowest BCUT2D eigenvalue weighted by Gasteiger charge is -2.02. The molecule has 0 radical (unpaired) electrons. The van der Waals surface area contributed by atoms with Crippen LogP contribution in [0.3, 0.4) is 0 Å². The number of ether oxygens (including phenoxy) is 1. The first-order valence-electron chi connectivity index (χ1n) is 10.4. The zero-order chi connectivity index (χ0) is 25.0. The molecule has 0 amide bonds. The number of hydrogen-bond acceptors (Lipinski definition) is 6.